The molecule has 0 aromatic rings. The van der Waals surface area contributed by atoms with Crippen LogP contribution in [-0.2, 0) is 4.79 Å². The lowest BCUT2D eigenvalue weighted by Gasteiger charge is -2.06. The van der Waals surface area contributed by atoms with E-state index >= 15 is 0 Å². The smallest absolute Gasteiger partial charge is 0.273 e. The maximum atomic E-state index is 10.7. The van der Waals surface area contributed by atoms with Gasteiger partial charge in [0.1, 0.15) is 16.3 Å². The number of nitrogens with zero attached hydrogens (tertiary/aromatic N) is 2. The van der Waals surface area contributed by atoms with Crippen LogP contribution in [0.2, 0.25) is 0 Å². The van der Waals surface area contributed by atoms with Gasteiger partial charge >= 0.3 is 11.9 Å². The van der Waals surface area contributed by atoms with E-state index in [4.69, 9.17) is 0 Å². The summed E-state index contributed by atoms with van der Waals surface area (Å²) in [6, 6.07) is 0. The first-order chi connectivity index (χ1) is 14.0. The molecule has 0 amide bonds. The van der Waals surface area contributed by atoms with Gasteiger partial charge in [-0.15, -0.1) is 0 Å². The topological polar surface area (TPSA) is 103 Å². The first kappa shape index (κ1) is 26.2. The van der Waals surface area contributed by atoms with Crippen molar-refractivity contribution in [2.45, 2.75) is 70.4 Å². The predicted molar refractivity (Wildman–Crippen MR) is 115 cm³/mol. The molecule has 0 saturated carbocycles. The Labute approximate surface area is 172 Å². The Bertz CT molecular complexity index is 619. The quantitative estimate of drug-likeness (QED) is 0.102. The standard InChI is InChI=1S/C22H31N2O5/c1-2-3-4-5-6-7-8-9-10-11-12-13-14-15-16-17-18-19-20-22(21-25,23(26)27)24(28)29/h6-7,9-10,12-13,15-16,18-19H,2-5,8,11,14,17,20H2,1H3/b7-6+,10-9+,13-12+,16-15+,19-18+. The number of rotatable bonds is 17. The Morgan fingerprint density at radius 3 is 1.52 bits per heavy atom. The molecule has 159 valence electrons. The van der Waals surface area contributed by atoms with Crippen molar-refractivity contribution in [3.8, 4) is 0 Å². The summed E-state index contributed by atoms with van der Waals surface area (Å²) >= 11 is 0. The molecule has 7 heteroatoms. The maximum absolute atomic E-state index is 10.7. The molecule has 1 radical (unpaired) electrons. The predicted octanol–water partition coefficient (Wildman–Crippen LogP) is 5.66. The first-order valence-electron chi connectivity index (χ1n) is 9.94. The van der Waals surface area contributed by atoms with E-state index in [2.05, 4.69) is 37.3 Å². The van der Waals surface area contributed by atoms with Crippen LogP contribution in [0.1, 0.15) is 64.7 Å². The minimum absolute atomic E-state index is 0.475. The molecular weight excluding hydrogens is 372 g/mol. The third-order valence-corrected chi connectivity index (χ3v) is 4.07. The number of unbranched alkanes of at least 4 members (excludes halogenated alkanes) is 3. The van der Waals surface area contributed by atoms with Crippen LogP contribution in [0.15, 0.2) is 60.8 Å². The van der Waals surface area contributed by atoms with Gasteiger partial charge in [-0.25, -0.2) is 0 Å². The largest absolute Gasteiger partial charge is 0.527 e. The molecule has 29 heavy (non-hydrogen) atoms. The lowest BCUT2D eigenvalue weighted by Crippen LogP contribution is -2.47. The van der Waals surface area contributed by atoms with E-state index in [0.29, 0.717) is 6.42 Å². The summed E-state index contributed by atoms with van der Waals surface area (Å²) in [7, 11) is 0. The fraction of sp³-hybridized carbons (Fsp3) is 0.500. The van der Waals surface area contributed by atoms with Crippen molar-refractivity contribution in [2.24, 2.45) is 0 Å². The molecule has 0 aromatic heterocycles. The zero-order valence-corrected chi connectivity index (χ0v) is 17.1. The molecule has 0 heterocycles. The lowest BCUT2D eigenvalue weighted by molar-refractivity contribution is -0.770. The molecular formula is C22H31N2O5. The van der Waals surface area contributed by atoms with Crippen LogP contribution in [0.5, 0.6) is 0 Å². The van der Waals surface area contributed by atoms with Crippen molar-refractivity contribution < 1.29 is 14.6 Å². The van der Waals surface area contributed by atoms with Gasteiger partial charge in [0.2, 0.25) is 0 Å². The van der Waals surface area contributed by atoms with Crippen molar-refractivity contribution in [1.82, 2.24) is 0 Å². The van der Waals surface area contributed by atoms with Crippen LogP contribution < -0.4 is 0 Å². The highest BCUT2D eigenvalue weighted by Crippen LogP contribution is 2.14. The van der Waals surface area contributed by atoms with E-state index in [1.54, 1.807) is 6.08 Å². The minimum Gasteiger partial charge on any atom is -0.273 e. The van der Waals surface area contributed by atoms with Crippen LogP contribution in [0.4, 0.5) is 0 Å². The van der Waals surface area contributed by atoms with Gasteiger partial charge in [-0.1, -0.05) is 80.5 Å². The van der Waals surface area contributed by atoms with Gasteiger partial charge in [0, 0.05) is 0 Å². The van der Waals surface area contributed by atoms with Crippen LogP contribution in [0, 0.1) is 20.2 Å². The summed E-state index contributed by atoms with van der Waals surface area (Å²) in [5.74, 6) is 0. The summed E-state index contributed by atoms with van der Waals surface area (Å²) in [6.07, 6.45) is 27.8. The Hall–Kier alpha value is -2.83. The van der Waals surface area contributed by atoms with E-state index in [-0.39, 0.29) is 0 Å². The highest BCUT2D eigenvalue weighted by Gasteiger charge is 2.56. The molecule has 0 aliphatic heterocycles. The minimum atomic E-state index is -2.92. The number of nitro groups is 2. The van der Waals surface area contributed by atoms with Gasteiger partial charge in [0.15, 0.2) is 0 Å². The molecule has 0 aliphatic rings. The molecule has 0 spiro atoms. The summed E-state index contributed by atoms with van der Waals surface area (Å²) in [5, 5.41) is 21.5. The van der Waals surface area contributed by atoms with Crippen LogP contribution in [-0.4, -0.2) is 21.8 Å². The zero-order chi connectivity index (χ0) is 21.8. The summed E-state index contributed by atoms with van der Waals surface area (Å²) in [4.78, 5) is 29.7. The number of carbonyl (C=O) groups excluding carboxylic acids is 1. The normalized spacial score (nSPS) is 12.9. The van der Waals surface area contributed by atoms with Crippen molar-refractivity contribution in [2.75, 3.05) is 0 Å². The Kier molecular flexibility index (Phi) is 15.6. The summed E-state index contributed by atoms with van der Waals surface area (Å²) in [5.41, 5.74) is -2.92. The second-order valence-corrected chi connectivity index (χ2v) is 6.43. The van der Waals surface area contributed by atoms with Crippen molar-refractivity contribution in [1.29, 1.82) is 0 Å². The third-order valence-electron chi connectivity index (χ3n) is 4.07. The highest BCUT2D eigenvalue weighted by molar-refractivity contribution is 5.60. The Morgan fingerprint density at radius 1 is 0.724 bits per heavy atom. The highest BCUT2D eigenvalue weighted by atomic mass is 16.7. The number of allylic oxidation sites excluding steroid dienone is 9. The van der Waals surface area contributed by atoms with E-state index < -0.39 is 21.9 Å². The molecule has 0 atom stereocenters. The molecule has 0 rings (SSSR count). The third kappa shape index (κ3) is 12.3. The monoisotopic (exact) mass is 403 g/mol. The average molecular weight is 403 g/mol. The second kappa shape index (κ2) is 17.3. The molecule has 0 bridgehead atoms. The summed E-state index contributed by atoms with van der Waals surface area (Å²) < 4.78 is 0. The van der Waals surface area contributed by atoms with Gasteiger partial charge in [0.25, 0.3) is 0 Å². The van der Waals surface area contributed by atoms with Gasteiger partial charge in [-0.2, -0.15) is 0 Å². The first-order valence-corrected chi connectivity index (χ1v) is 9.94. The van der Waals surface area contributed by atoms with Crippen molar-refractivity contribution in [3.05, 3.63) is 81.0 Å². The summed E-state index contributed by atoms with van der Waals surface area (Å²) in [6.45, 7) is 2.20. The van der Waals surface area contributed by atoms with Crippen LogP contribution in [0.25, 0.3) is 0 Å². The van der Waals surface area contributed by atoms with Gasteiger partial charge < -0.3 is 0 Å². The van der Waals surface area contributed by atoms with Crippen LogP contribution >= 0.6 is 0 Å². The van der Waals surface area contributed by atoms with E-state index in [1.807, 2.05) is 18.2 Å². The van der Waals surface area contributed by atoms with Gasteiger partial charge in [-0.05, 0) is 38.5 Å². The van der Waals surface area contributed by atoms with E-state index in [0.717, 1.165) is 32.0 Å². The van der Waals surface area contributed by atoms with E-state index in [1.165, 1.54) is 25.3 Å². The Balaban J connectivity index is 3.94. The molecule has 0 unspecified atom stereocenters. The fourth-order valence-electron chi connectivity index (χ4n) is 2.29. The Morgan fingerprint density at radius 2 is 1.14 bits per heavy atom. The SMILES string of the molecule is CCCCC/C=C/C/C=C/C/C=C/C/C=C/C/C=C/CC([C]=O)([N+](=O)[O-])[N+](=O)[O-]. The molecule has 0 N–H and O–H groups in total. The van der Waals surface area contributed by atoms with Gasteiger partial charge in [0.05, 0.1) is 0 Å². The second-order valence-electron chi connectivity index (χ2n) is 6.43. The molecule has 0 aromatic carbocycles. The zero-order valence-electron chi connectivity index (χ0n) is 17.1. The number of hydrogen-bond donors (Lipinski definition) is 0. The lowest BCUT2D eigenvalue weighted by atomic mass is 10.1. The van der Waals surface area contributed by atoms with Gasteiger partial charge in [-0.3, -0.25) is 25.0 Å². The maximum Gasteiger partial charge on any atom is 0.527 e. The van der Waals surface area contributed by atoms with Crippen molar-refractivity contribution >= 4 is 6.29 Å². The number of hydrogen-bond acceptors (Lipinski definition) is 5. The molecule has 0 fully saturated rings. The molecule has 7 nitrogen and oxygen atoms in total. The van der Waals surface area contributed by atoms with Crippen LogP contribution in [0.3, 0.4) is 0 Å². The molecule has 0 saturated heterocycles. The van der Waals surface area contributed by atoms with Crippen molar-refractivity contribution in [3.63, 3.8) is 0 Å². The fourth-order valence-corrected chi connectivity index (χ4v) is 2.29. The van der Waals surface area contributed by atoms with E-state index in [9.17, 15) is 25.0 Å². The average Bonchev–Trinajstić information content (AvgIpc) is 2.69. The molecule has 0 aliphatic carbocycles.